The van der Waals surface area contributed by atoms with Crippen molar-refractivity contribution in [3.8, 4) is 10.6 Å². The molecule has 0 amide bonds. The zero-order valence-corrected chi connectivity index (χ0v) is 11.5. The minimum atomic E-state index is -0.779. The van der Waals surface area contributed by atoms with Gasteiger partial charge in [0.1, 0.15) is 5.01 Å². The number of nitrogens with zero attached hydrogens (tertiary/aromatic N) is 1. The molecule has 0 radical (unpaired) electrons. The number of hydrogen-bond donors (Lipinski definition) is 2. The first kappa shape index (κ1) is 12.8. The molecule has 4 nitrogen and oxygen atoms in total. The standard InChI is InChI=1S/C13H16N2O2S/c1-8-10(6-13(2,3)12(16)17)18-11(15-8)9-4-5-14-7-9/h4-5,7,14H,6H2,1-3H3,(H,16,17). The van der Waals surface area contributed by atoms with Gasteiger partial charge >= 0.3 is 5.97 Å². The third kappa shape index (κ3) is 2.46. The molecule has 2 aromatic heterocycles. The number of aromatic amines is 1. The summed E-state index contributed by atoms with van der Waals surface area (Å²) < 4.78 is 0. The van der Waals surface area contributed by atoms with Gasteiger partial charge in [-0.25, -0.2) is 4.98 Å². The molecule has 0 saturated carbocycles. The zero-order chi connectivity index (χ0) is 13.3. The van der Waals surface area contributed by atoms with Gasteiger partial charge in [0.05, 0.1) is 11.1 Å². The Morgan fingerprint density at radius 1 is 1.56 bits per heavy atom. The molecule has 0 atom stereocenters. The van der Waals surface area contributed by atoms with E-state index < -0.39 is 11.4 Å². The highest BCUT2D eigenvalue weighted by Gasteiger charge is 2.29. The first-order valence-electron chi connectivity index (χ1n) is 5.73. The summed E-state index contributed by atoms with van der Waals surface area (Å²) in [5.74, 6) is -0.779. The van der Waals surface area contributed by atoms with Gasteiger partial charge in [0.15, 0.2) is 0 Å². The van der Waals surface area contributed by atoms with E-state index in [4.69, 9.17) is 5.11 Å². The van der Waals surface area contributed by atoms with E-state index in [1.165, 1.54) is 0 Å². The van der Waals surface area contributed by atoms with Crippen LogP contribution in [0.1, 0.15) is 24.4 Å². The van der Waals surface area contributed by atoms with Crippen molar-refractivity contribution < 1.29 is 9.90 Å². The fraction of sp³-hybridized carbons (Fsp3) is 0.385. The van der Waals surface area contributed by atoms with Crippen LogP contribution in [0.15, 0.2) is 18.5 Å². The maximum atomic E-state index is 11.2. The summed E-state index contributed by atoms with van der Waals surface area (Å²) in [4.78, 5) is 19.7. The Morgan fingerprint density at radius 2 is 2.28 bits per heavy atom. The molecule has 0 unspecified atom stereocenters. The summed E-state index contributed by atoms with van der Waals surface area (Å²) in [6.07, 6.45) is 4.26. The van der Waals surface area contributed by atoms with E-state index >= 15 is 0 Å². The molecule has 0 saturated heterocycles. The van der Waals surface area contributed by atoms with E-state index in [1.54, 1.807) is 25.2 Å². The molecular weight excluding hydrogens is 248 g/mol. The number of H-pyrrole nitrogens is 1. The highest BCUT2D eigenvalue weighted by Crippen LogP contribution is 2.32. The molecule has 0 fully saturated rings. The predicted octanol–water partition coefficient (Wildman–Crippen LogP) is 3.10. The van der Waals surface area contributed by atoms with Gasteiger partial charge in [-0.05, 0) is 33.3 Å². The SMILES string of the molecule is Cc1nc(-c2cc[nH]c2)sc1CC(C)(C)C(=O)O. The van der Waals surface area contributed by atoms with E-state index in [-0.39, 0.29) is 0 Å². The predicted molar refractivity (Wildman–Crippen MR) is 71.8 cm³/mol. The third-order valence-corrected chi connectivity index (χ3v) is 4.13. The molecule has 0 bridgehead atoms. The van der Waals surface area contributed by atoms with Crippen molar-refractivity contribution >= 4 is 17.3 Å². The van der Waals surface area contributed by atoms with E-state index in [0.717, 1.165) is 21.1 Å². The van der Waals surface area contributed by atoms with Crippen molar-refractivity contribution in [3.63, 3.8) is 0 Å². The number of nitrogens with one attached hydrogen (secondary N) is 1. The largest absolute Gasteiger partial charge is 0.481 e. The number of carboxylic acids is 1. The van der Waals surface area contributed by atoms with Crippen LogP contribution in [0.25, 0.3) is 10.6 Å². The van der Waals surface area contributed by atoms with Gasteiger partial charge < -0.3 is 10.1 Å². The van der Waals surface area contributed by atoms with Crippen LogP contribution < -0.4 is 0 Å². The number of thiazole rings is 1. The second-order valence-electron chi connectivity index (χ2n) is 4.99. The Balaban J connectivity index is 2.28. The van der Waals surface area contributed by atoms with E-state index in [0.29, 0.717) is 6.42 Å². The molecule has 0 spiro atoms. The van der Waals surface area contributed by atoms with E-state index in [9.17, 15) is 4.79 Å². The maximum Gasteiger partial charge on any atom is 0.309 e. The maximum absolute atomic E-state index is 11.2. The Morgan fingerprint density at radius 3 is 2.83 bits per heavy atom. The topological polar surface area (TPSA) is 66.0 Å². The summed E-state index contributed by atoms with van der Waals surface area (Å²) in [7, 11) is 0. The number of hydrogen-bond acceptors (Lipinski definition) is 3. The first-order valence-corrected chi connectivity index (χ1v) is 6.54. The van der Waals surface area contributed by atoms with Gasteiger partial charge in [-0.15, -0.1) is 11.3 Å². The average Bonchev–Trinajstić information content (AvgIpc) is 2.88. The first-order chi connectivity index (χ1) is 8.40. The molecule has 2 N–H and O–H groups in total. The second kappa shape index (κ2) is 4.57. The minimum Gasteiger partial charge on any atom is -0.481 e. The molecule has 5 heteroatoms. The molecule has 0 aliphatic rings. The highest BCUT2D eigenvalue weighted by molar-refractivity contribution is 7.15. The van der Waals surface area contributed by atoms with Crippen LogP contribution in [0.2, 0.25) is 0 Å². The van der Waals surface area contributed by atoms with Gasteiger partial charge in [-0.2, -0.15) is 0 Å². The van der Waals surface area contributed by atoms with Gasteiger partial charge in [-0.1, -0.05) is 0 Å². The molecule has 0 aliphatic carbocycles. The molecular formula is C13H16N2O2S. The van der Waals surface area contributed by atoms with Gasteiger partial charge in [0.25, 0.3) is 0 Å². The fourth-order valence-electron chi connectivity index (χ4n) is 1.65. The number of aryl methyl sites for hydroxylation is 1. The lowest BCUT2D eigenvalue weighted by atomic mass is 9.88. The number of aromatic nitrogens is 2. The Kier molecular flexibility index (Phi) is 3.26. The number of carbonyl (C=O) groups is 1. The lowest BCUT2D eigenvalue weighted by Gasteiger charge is -2.17. The molecule has 0 aliphatic heterocycles. The summed E-state index contributed by atoms with van der Waals surface area (Å²) in [5, 5.41) is 10.1. The number of rotatable bonds is 4. The zero-order valence-electron chi connectivity index (χ0n) is 10.7. The van der Waals surface area contributed by atoms with Gasteiger partial charge in [0.2, 0.25) is 0 Å². The van der Waals surface area contributed by atoms with Crippen LogP contribution in [0.5, 0.6) is 0 Å². The number of aliphatic carboxylic acids is 1. The monoisotopic (exact) mass is 264 g/mol. The second-order valence-corrected chi connectivity index (χ2v) is 6.08. The fourth-order valence-corrected chi connectivity index (χ4v) is 2.94. The van der Waals surface area contributed by atoms with Crippen LogP contribution in [-0.4, -0.2) is 21.0 Å². The average molecular weight is 264 g/mol. The Labute approximate surface area is 110 Å². The van der Waals surface area contributed by atoms with Crippen molar-refractivity contribution in [3.05, 3.63) is 29.0 Å². The van der Waals surface area contributed by atoms with Crippen LogP contribution in [-0.2, 0) is 11.2 Å². The van der Waals surface area contributed by atoms with Crippen molar-refractivity contribution in [1.82, 2.24) is 9.97 Å². The van der Waals surface area contributed by atoms with Crippen molar-refractivity contribution in [1.29, 1.82) is 0 Å². The summed E-state index contributed by atoms with van der Waals surface area (Å²) in [6.45, 7) is 5.41. The normalized spacial score (nSPS) is 11.7. The molecule has 2 heterocycles. The van der Waals surface area contributed by atoms with Gasteiger partial charge in [-0.3, -0.25) is 4.79 Å². The lowest BCUT2D eigenvalue weighted by molar-refractivity contribution is -0.146. The van der Waals surface area contributed by atoms with Crippen molar-refractivity contribution in [2.24, 2.45) is 5.41 Å². The number of carboxylic acid groups (broad SMARTS) is 1. The summed E-state index contributed by atoms with van der Waals surface area (Å²) >= 11 is 1.57. The summed E-state index contributed by atoms with van der Waals surface area (Å²) in [5.41, 5.74) is 1.21. The van der Waals surface area contributed by atoms with Crippen molar-refractivity contribution in [2.45, 2.75) is 27.2 Å². The van der Waals surface area contributed by atoms with Gasteiger partial charge in [0, 0.05) is 22.8 Å². The summed E-state index contributed by atoms with van der Waals surface area (Å²) in [6, 6.07) is 1.96. The van der Waals surface area contributed by atoms with Crippen LogP contribution in [0.3, 0.4) is 0 Å². The molecule has 96 valence electrons. The molecule has 2 aromatic rings. The highest BCUT2D eigenvalue weighted by atomic mass is 32.1. The van der Waals surface area contributed by atoms with Crippen LogP contribution in [0, 0.1) is 12.3 Å². The minimum absolute atomic E-state index is 0.510. The van der Waals surface area contributed by atoms with Crippen LogP contribution in [0.4, 0.5) is 0 Å². The molecule has 0 aromatic carbocycles. The Bertz CT molecular complexity index is 556. The van der Waals surface area contributed by atoms with Crippen LogP contribution >= 0.6 is 11.3 Å². The lowest BCUT2D eigenvalue weighted by Crippen LogP contribution is -2.26. The molecule has 18 heavy (non-hydrogen) atoms. The quantitative estimate of drug-likeness (QED) is 0.891. The third-order valence-electron chi connectivity index (χ3n) is 2.92. The van der Waals surface area contributed by atoms with E-state index in [1.807, 2.05) is 25.4 Å². The molecule has 2 rings (SSSR count). The Hall–Kier alpha value is -1.62. The van der Waals surface area contributed by atoms with E-state index in [2.05, 4.69) is 9.97 Å². The smallest absolute Gasteiger partial charge is 0.309 e. The van der Waals surface area contributed by atoms with Crippen molar-refractivity contribution in [2.75, 3.05) is 0 Å².